The largest absolute Gasteiger partial charge is 0.495 e. The number of benzene rings is 2. The van der Waals surface area contributed by atoms with Crippen molar-refractivity contribution >= 4 is 17.3 Å². The summed E-state index contributed by atoms with van der Waals surface area (Å²) in [6, 6.07) is 14.2. The molecule has 138 valence electrons. The average molecular weight is 354 g/mol. The minimum Gasteiger partial charge on any atom is -0.495 e. The number of hydrogen-bond acceptors (Lipinski definition) is 3. The van der Waals surface area contributed by atoms with Crippen LogP contribution in [0, 0.1) is 13.8 Å². The first-order valence-electron chi connectivity index (χ1n) is 9.15. The Morgan fingerprint density at radius 1 is 1.12 bits per heavy atom. The lowest BCUT2D eigenvalue weighted by molar-refractivity contribution is -0.892. The highest BCUT2D eigenvalue weighted by atomic mass is 16.5. The SMILES string of the molecule is COc1ccccc1N1CC[NH+](CC(=O)Nc2cc(C)cc(C)c2)CC1. The predicted octanol–water partition coefficient (Wildman–Crippen LogP) is 1.66. The van der Waals surface area contributed by atoms with Crippen LogP contribution < -0.4 is 19.9 Å². The van der Waals surface area contributed by atoms with E-state index >= 15 is 0 Å². The number of quaternary nitrogens is 1. The fourth-order valence-corrected chi connectivity index (χ4v) is 3.61. The number of anilines is 2. The van der Waals surface area contributed by atoms with Crippen LogP contribution in [-0.4, -0.2) is 45.7 Å². The topological polar surface area (TPSA) is 46.0 Å². The Bertz CT molecular complexity index is 747. The number of rotatable bonds is 5. The number of nitrogens with one attached hydrogen (secondary N) is 2. The molecule has 5 nitrogen and oxygen atoms in total. The number of carbonyl (C=O) groups is 1. The first-order chi connectivity index (χ1) is 12.5. The van der Waals surface area contributed by atoms with Crippen LogP contribution in [0.2, 0.25) is 0 Å². The molecule has 26 heavy (non-hydrogen) atoms. The van der Waals surface area contributed by atoms with Crippen molar-refractivity contribution in [1.29, 1.82) is 0 Å². The van der Waals surface area contributed by atoms with Gasteiger partial charge in [-0.05, 0) is 49.2 Å². The Balaban J connectivity index is 1.53. The minimum atomic E-state index is 0.0794. The molecule has 0 radical (unpaired) electrons. The summed E-state index contributed by atoms with van der Waals surface area (Å²) in [6.45, 7) is 8.33. The van der Waals surface area contributed by atoms with E-state index < -0.39 is 0 Å². The summed E-state index contributed by atoms with van der Waals surface area (Å²) in [5.74, 6) is 0.985. The molecular weight excluding hydrogens is 326 g/mol. The number of piperazine rings is 1. The lowest BCUT2D eigenvalue weighted by Gasteiger charge is -2.34. The zero-order valence-electron chi connectivity index (χ0n) is 15.8. The molecule has 1 aliphatic heterocycles. The first-order valence-corrected chi connectivity index (χ1v) is 9.15. The molecule has 1 saturated heterocycles. The molecule has 1 amide bonds. The van der Waals surface area contributed by atoms with Crippen molar-refractivity contribution in [1.82, 2.24) is 0 Å². The summed E-state index contributed by atoms with van der Waals surface area (Å²) in [5, 5.41) is 3.04. The summed E-state index contributed by atoms with van der Waals surface area (Å²) in [6.07, 6.45) is 0. The number of amides is 1. The summed E-state index contributed by atoms with van der Waals surface area (Å²) < 4.78 is 5.46. The van der Waals surface area contributed by atoms with Crippen LogP contribution in [0.15, 0.2) is 42.5 Å². The zero-order valence-corrected chi connectivity index (χ0v) is 15.8. The number of methoxy groups -OCH3 is 1. The summed E-state index contributed by atoms with van der Waals surface area (Å²) in [4.78, 5) is 16.0. The van der Waals surface area contributed by atoms with Crippen molar-refractivity contribution in [2.45, 2.75) is 13.8 Å². The van der Waals surface area contributed by atoms with Crippen LogP contribution >= 0.6 is 0 Å². The van der Waals surface area contributed by atoms with Gasteiger partial charge in [-0.15, -0.1) is 0 Å². The van der Waals surface area contributed by atoms with Crippen molar-refractivity contribution < 1.29 is 14.4 Å². The normalized spacial score (nSPS) is 15.0. The molecule has 2 aromatic carbocycles. The molecule has 3 rings (SSSR count). The molecule has 5 heteroatoms. The van der Waals surface area contributed by atoms with Gasteiger partial charge < -0.3 is 19.9 Å². The molecule has 0 aromatic heterocycles. The van der Waals surface area contributed by atoms with Crippen molar-refractivity contribution in [2.75, 3.05) is 50.1 Å². The van der Waals surface area contributed by atoms with Crippen LogP contribution in [0.1, 0.15) is 11.1 Å². The Kier molecular flexibility index (Phi) is 5.78. The van der Waals surface area contributed by atoms with Gasteiger partial charge in [0.15, 0.2) is 6.54 Å². The summed E-state index contributed by atoms with van der Waals surface area (Å²) in [5.41, 5.74) is 4.35. The lowest BCUT2D eigenvalue weighted by atomic mass is 10.1. The molecule has 1 heterocycles. The van der Waals surface area contributed by atoms with Crippen LogP contribution in [0.3, 0.4) is 0 Å². The van der Waals surface area contributed by atoms with Gasteiger partial charge in [-0.3, -0.25) is 4.79 Å². The predicted molar refractivity (Wildman–Crippen MR) is 105 cm³/mol. The minimum absolute atomic E-state index is 0.0794. The number of hydrogen-bond donors (Lipinski definition) is 2. The van der Waals surface area contributed by atoms with Crippen molar-refractivity contribution in [3.63, 3.8) is 0 Å². The van der Waals surface area contributed by atoms with Crippen LogP contribution in [0.25, 0.3) is 0 Å². The first kappa shape index (κ1) is 18.3. The van der Waals surface area contributed by atoms with Gasteiger partial charge in [-0.2, -0.15) is 0 Å². The lowest BCUT2D eigenvalue weighted by Crippen LogP contribution is -3.15. The Labute approximate surface area is 155 Å². The van der Waals surface area contributed by atoms with Gasteiger partial charge >= 0.3 is 0 Å². The number of nitrogens with zero attached hydrogens (tertiary/aromatic N) is 1. The molecule has 0 bridgehead atoms. The van der Waals surface area contributed by atoms with E-state index in [1.54, 1.807) is 7.11 Å². The van der Waals surface area contributed by atoms with E-state index in [0.29, 0.717) is 6.54 Å². The van der Waals surface area contributed by atoms with Crippen LogP contribution in [0.5, 0.6) is 5.75 Å². The maximum absolute atomic E-state index is 12.4. The fraction of sp³-hybridized carbons (Fsp3) is 0.381. The highest BCUT2D eigenvalue weighted by molar-refractivity contribution is 5.91. The smallest absolute Gasteiger partial charge is 0.279 e. The van der Waals surface area contributed by atoms with E-state index in [1.165, 1.54) is 4.90 Å². The highest BCUT2D eigenvalue weighted by Crippen LogP contribution is 2.27. The summed E-state index contributed by atoms with van der Waals surface area (Å²) >= 11 is 0. The number of aryl methyl sites for hydroxylation is 2. The fourth-order valence-electron chi connectivity index (χ4n) is 3.61. The van der Waals surface area contributed by atoms with E-state index in [2.05, 4.69) is 22.3 Å². The third kappa shape index (κ3) is 4.55. The monoisotopic (exact) mass is 354 g/mol. The van der Waals surface area contributed by atoms with Gasteiger partial charge in [0.25, 0.3) is 5.91 Å². The number of ether oxygens (including phenoxy) is 1. The van der Waals surface area contributed by atoms with Crippen molar-refractivity contribution in [2.24, 2.45) is 0 Å². The van der Waals surface area contributed by atoms with Gasteiger partial charge in [-0.1, -0.05) is 18.2 Å². The van der Waals surface area contributed by atoms with Gasteiger partial charge in [-0.25, -0.2) is 0 Å². The molecule has 0 aliphatic carbocycles. The van der Waals surface area contributed by atoms with E-state index in [4.69, 9.17) is 4.74 Å². The quantitative estimate of drug-likeness (QED) is 0.858. The van der Waals surface area contributed by atoms with E-state index in [0.717, 1.165) is 54.4 Å². The zero-order chi connectivity index (χ0) is 18.5. The molecule has 0 atom stereocenters. The van der Waals surface area contributed by atoms with E-state index in [-0.39, 0.29) is 5.91 Å². The Morgan fingerprint density at radius 2 is 1.77 bits per heavy atom. The summed E-state index contributed by atoms with van der Waals surface area (Å²) in [7, 11) is 1.71. The standard InChI is InChI=1S/C21H27N3O2/c1-16-12-17(2)14-18(13-16)22-21(25)15-23-8-10-24(11-9-23)19-6-4-5-7-20(19)26-3/h4-7,12-14H,8-11,15H2,1-3H3,(H,22,25)/p+1. The molecule has 0 spiro atoms. The van der Waals surface area contributed by atoms with E-state index in [1.807, 2.05) is 44.2 Å². The third-order valence-electron chi connectivity index (χ3n) is 4.81. The maximum atomic E-state index is 12.4. The second kappa shape index (κ2) is 8.23. The number of carbonyl (C=O) groups excluding carboxylic acids is 1. The number of para-hydroxylation sites is 2. The van der Waals surface area contributed by atoms with Crippen LogP contribution in [-0.2, 0) is 4.79 Å². The van der Waals surface area contributed by atoms with E-state index in [9.17, 15) is 4.79 Å². The molecule has 0 saturated carbocycles. The van der Waals surface area contributed by atoms with Gasteiger partial charge in [0.2, 0.25) is 0 Å². The van der Waals surface area contributed by atoms with Crippen LogP contribution in [0.4, 0.5) is 11.4 Å². The van der Waals surface area contributed by atoms with Crippen molar-refractivity contribution in [3.8, 4) is 5.75 Å². The second-order valence-electron chi connectivity index (χ2n) is 7.01. The van der Waals surface area contributed by atoms with Gasteiger partial charge in [0, 0.05) is 5.69 Å². The highest BCUT2D eigenvalue weighted by Gasteiger charge is 2.23. The molecule has 1 aliphatic rings. The molecular formula is C21H28N3O2+. The second-order valence-corrected chi connectivity index (χ2v) is 7.01. The van der Waals surface area contributed by atoms with Crippen molar-refractivity contribution in [3.05, 3.63) is 53.6 Å². The molecule has 1 fully saturated rings. The maximum Gasteiger partial charge on any atom is 0.279 e. The van der Waals surface area contributed by atoms with Gasteiger partial charge in [0.05, 0.1) is 39.0 Å². The molecule has 0 unspecified atom stereocenters. The Hall–Kier alpha value is -2.53. The average Bonchev–Trinajstić information content (AvgIpc) is 2.61. The Morgan fingerprint density at radius 3 is 2.42 bits per heavy atom. The third-order valence-corrected chi connectivity index (χ3v) is 4.81. The molecule has 2 aromatic rings. The van der Waals surface area contributed by atoms with Gasteiger partial charge in [0.1, 0.15) is 5.75 Å². The molecule has 2 N–H and O–H groups in total.